The Hall–Kier alpha value is -1.36. The van der Waals surface area contributed by atoms with E-state index in [0.717, 1.165) is 31.6 Å². The van der Waals surface area contributed by atoms with Crippen molar-refractivity contribution in [3.8, 4) is 0 Å². The zero-order chi connectivity index (χ0) is 13.4. The van der Waals surface area contributed by atoms with Crippen LogP contribution in [-0.2, 0) is 6.54 Å². The fraction of sp³-hybridized carbons (Fsp3) is 0.615. The van der Waals surface area contributed by atoms with Crippen molar-refractivity contribution in [1.82, 2.24) is 19.5 Å². The highest BCUT2D eigenvalue weighted by Gasteiger charge is 2.25. The van der Waals surface area contributed by atoms with Gasteiger partial charge in [0.2, 0.25) is 5.28 Å². The first-order valence-electron chi connectivity index (χ1n) is 6.86. The maximum atomic E-state index is 12.1. The number of fused-ring (bicyclic) bond motifs is 1. The Bertz CT molecular complexity index is 654. The molecular formula is C13H17ClN4O. The van der Waals surface area contributed by atoms with Crippen molar-refractivity contribution in [2.24, 2.45) is 0 Å². The van der Waals surface area contributed by atoms with Crippen LogP contribution in [0.1, 0.15) is 50.8 Å². The molecule has 5 nitrogen and oxygen atoms in total. The van der Waals surface area contributed by atoms with Crippen LogP contribution in [-0.4, -0.2) is 19.5 Å². The largest absolute Gasteiger partial charge is 0.322 e. The van der Waals surface area contributed by atoms with Crippen molar-refractivity contribution < 1.29 is 0 Å². The van der Waals surface area contributed by atoms with Crippen molar-refractivity contribution in [1.29, 1.82) is 0 Å². The second-order valence-electron chi connectivity index (χ2n) is 5.13. The Kier molecular flexibility index (Phi) is 3.31. The number of aromatic nitrogens is 4. The lowest BCUT2D eigenvalue weighted by Crippen LogP contribution is -2.14. The van der Waals surface area contributed by atoms with Crippen molar-refractivity contribution in [2.75, 3.05) is 0 Å². The fourth-order valence-corrected chi connectivity index (χ4v) is 3.14. The average molecular weight is 281 g/mol. The number of hydrogen-bond acceptors (Lipinski definition) is 3. The highest BCUT2D eigenvalue weighted by molar-refractivity contribution is 6.28. The minimum Gasteiger partial charge on any atom is -0.322 e. The number of nitrogens with zero attached hydrogens (tertiary/aromatic N) is 3. The van der Waals surface area contributed by atoms with E-state index in [1.165, 1.54) is 12.8 Å². The summed E-state index contributed by atoms with van der Waals surface area (Å²) in [5, 5.41) is 0.108. The second kappa shape index (κ2) is 4.96. The first kappa shape index (κ1) is 12.7. The minimum absolute atomic E-state index is 0.108. The second-order valence-corrected chi connectivity index (χ2v) is 5.49. The topological polar surface area (TPSA) is 63.6 Å². The van der Waals surface area contributed by atoms with Crippen LogP contribution in [0.4, 0.5) is 0 Å². The van der Waals surface area contributed by atoms with E-state index in [2.05, 4.69) is 21.9 Å². The monoisotopic (exact) mass is 280 g/mol. The van der Waals surface area contributed by atoms with E-state index in [0.29, 0.717) is 17.1 Å². The molecule has 0 spiro atoms. The van der Waals surface area contributed by atoms with Gasteiger partial charge in [0.25, 0.3) is 5.56 Å². The van der Waals surface area contributed by atoms with E-state index in [1.807, 2.05) is 4.57 Å². The number of halogens is 1. The van der Waals surface area contributed by atoms with Gasteiger partial charge in [-0.05, 0) is 30.9 Å². The molecule has 0 aliphatic heterocycles. The summed E-state index contributed by atoms with van der Waals surface area (Å²) in [6.45, 7) is 2.90. The zero-order valence-electron chi connectivity index (χ0n) is 10.9. The van der Waals surface area contributed by atoms with Gasteiger partial charge in [-0.3, -0.25) is 9.78 Å². The molecule has 102 valence electrons. The highest BCUT2D eigenvalue weighted by atomic mass is 35.5. The third-order valence-corrected chi connectivity index (χ3v) is 3.96. The Morgan fingerprint density at radius 1 is 1.37 bits per heavy atom. The maximum Gasteiger partial charge on any atom is 0.278 e. The van der Waals surface area contributed by atoms with E-state index in [4.69, 9.17) is 11.6 Å². The molecule has 0 saturated heterocycles. The predicted molar refractivity (Wildman–Crippen MR) is 74.7 cm³/mol. The number of rotatable bonds is 3. The molecule has 1 aliphatic rings. The van der Waals surface area contributed by atoms with Crippen LogP contribution >= 0.6 is 11.6 Å². The summed E-state index contributed by atoms with van der Waals surface area (Å²) in [7, 11) is 0. The van der Waals surface area contributed by atoms with Gasteiger partial charge in [-0.15, -0.1) is 0 Å². The lowest BCUT2D eigenvalue weighted by Gasteiger charge is -2.11. The number of nitrogens with one attached hydrogen (secondary N) is 1. The third kappa shape index (κ3) is 2.16. The Morgan fingerprint density at radius 2 is 2.11 bits per heavy atom. The Balaban J connectivity index is 2.23. The summed E-state index contributed by atoms with van der Waals surface area (Å²) in [4.78, 5) is 23.4. The molecule has 0 unspecified atom stereocenters. The molecule has 2 aromatic rings. The van der Waals surface area contributed by atoms with Gasteiger partial charge in [0, 0.05) is 12.5 Å². The number of aromatic amines is 1. The van der Waals surface area contributed by atoms with Gasteiger partial charge >= 0.3 is 0 Å². The van der Waals surface area contributed by atoms with Gasteiger partial charge in [0.15, 0.2) is 11.2 Å². The molecule has 3 rings (SSSR count). The molecule has 0 aromatic carbocycles. The minimum atomic E-state index is -0.194. The van der Waals surface area contributed by atoms with Crippen LogP contribution in [0.25, 0.3) is 11.2 Å². The van der Waals surface area contributed by atoms with Gasteiger partial charge in [0.1, 0.15) is 5.82 Å². The lowest BCUT2D eigenvalue weighted by atomic mass is 10.1. The van der Waals surface area contributed by atoms with Gasteiger partial charge in [-0.1, -0.05) is 19.8 Å². The van der Waals surface area contributed by atoms with Crippen LogP contribution in [0.15, 0.2) is 4.79 Å². The number of H-pyrrole nitrogens is 1. The van der Waals surface area contributed by atoms with Gasteiger partial charge in [0.05, 0.1) is 0 Å². The standard InChI is InChI=1S/C13H17ClN4O/c1-2-7-18-9-10(16-13(14)17-12(9)19)15-11(18)8-5-3-4-6-8/h8H,2-7H2,1H3,(H,16,17,19). The van der Waals surface area contributed by atoms with Crippen LogP contribution < -0.4 is 5.56 Å². The molecule has 1 N–H and O–H groups in total. The summed E-state index contributed by atoms with van der Waals surface area (Å²) in [5.41, 5.74) is 0.845. The number of hydrogen-bond donors (Lipinski definition) is 1. The van der Waals surface area contributed by atoms with Gasteiger partial charge in [-0.25, -0.2) is 4.98 Å². The summed E-state index contributed by atoms with van der Waals surface area (Å²) in [5.74, 6) is 1.47. The molecule has 0 amide bonds. The predicted octanol–water partition coefficient (Wildman–Crippen LogP) is 2.84. The van der Waals surface area contributed by atoms with Crippen molar-refractivity contribution in [2.45, 2.75) is 51.5 Å². The van der Waals surface area contributed by atoms with Crippen molar-refractivity contribution in [3.63, 3.8) is 0 Å². The summed E-state index contributed by atoms with van der Waals surface area (Å²) in [6, 6.07) is 0. The third-order valence-electron chi connectivity index (χ3n) is 3.78. The molecular weight excluding hydrogens is 264 g/mol. The SMILES string of the molecule is CCCn1c(C2CCCC2)nc2nc(Cl)[nH]c(=O)c21. The van der Waals surface area contributed by atoms with E-state index in [-0.39, 0.29) is 10.8 Å². The molecule has 2 aromatic heterocycles. The normalized spacial score (nSPS) is 16.5. The molecule has 0 atom stereocenters. The average Bonchev–Trinajstić information content (AvgIpc) is 2.96. The quantitative estimate of drug-likeness (QED) is 0.879. The van der Waals surface area contributed by atoms with Crippen molar-refractivity contribution >= 4 is 22.8 Å². The molecule has 19 heavy (non-hydrogen) atoms. The number of imidazole rings is 1. The summed E-state index contributed by atoms with van der Waals surface area (Å²) >= 11 is 5.81. The van der Waals surface area contributed by atoms with E-state index >= 15 is 0 Å². The molecule has 1 fully saturated rings. The van der Waals surface area contributed by atoms with Gasteiger partial charge in [-0.2, -0.15) is 4.98 Å². The Morgan fingerprint density at radius 3 is 2.79 bits per heavy atom. The van der Waals surface area contributed by atoms with Crippen molar-refractivity contribution in [3.05, 3.63) is 21.5 Å². The maximum absolute atomic E-state index is 12.1. The highest BCUT2D eigenvalue weighted by Crippen LogP contribution is 2.34. The first-order chi connectivity index (χ1) is 9.20. The molecule has 6 heteroatoms. The molecule has 1 aliphatic carbocycles. The molecule has 0 bridgehead atoms. The Labute approximate surface area is 116 Å². The van der Waals surface area contributed by atoms with Crippen LogP contribution in [0, 0.1) is 0 Å². The smallest absolute Gasteiger partial charge is 0.278 e. The fourth-order valence-electron chi connectivity index (χ4n) is 2.98. The van der Waals surface area contributed by atoms with E-state index in [1.54, 1.807) is 0 Å². The first-order valence-corrected chi connectivity index (χ1v) is 7.24. The van der Waals surface area contributed by atoms with Crippen LogP contribution in [0.3, 0.4) is 0 Å². The molecule has 1 saturated carbocycles. The molecule has 0 radical (unpaired) electrons. The van der Waals surface area contributed by atoms with Crippen LogP contribution in [0.5, 0.6) is 0 Å². The lowest BCUT2D eigenvalue weighted by molar-refractivity contribution is 0.584. The number of aryl methyl sites for hydroxylation is 1. The molecule has 2 heterocycles. The zero-order valence-corrected chi connectivity index (χ0v) is 11.7. The summed E-state index contributed by atoms with van der Waals surface area (Å²) < 4.78 is 2.04. The van der Waals surface area contributed by atoms with Crippen LogP contribution in [0.2, 0.25) is 5.28 Å². The van der Waals surface area contributed by atoms with E-state index < -0.39 is 0 Å². The summed E-state index contributed by atoms with van der Waals surface area (Å²) in [6.07, 6.45) is 5.75. The van der Waals surface area contributed by atoms with Gasteiger partial charge < -0.3 is 4.57 Å². The van der Waals surface area contributed by atoms with E-state index in [9.17, 15) is 4.79 Å².